The summed E-state index contributed by atoms with van der Waals surface area (Å²) in [7, 11) is 0. The summed E-state index contributed by atoms with van der Waals surface area (Å²) >= 11 is 7.69. The van der Waals surface area contributed by atoms with Crippen molar-refractivity contribution in [2.45, 2.75) is 18.6 Å². The number of hydrogen-bond donors (Lipinski definition) is 1. The topological polar surface area (TPSA) is 80.2 Å². The highest BCUT2D eigenvalue weighted by Crippen LogP contribution is 2.36. The number of thiophene rings is 1. The van der Waals surface area contributed by atoms with Gasteiger partial charge in [-0.2, -0.15) is 0 Å². The molecular formula is C26H19ClN4O3S. The molecule has 2 atom stereocenters. The first-order chi connectivity index (χ1) is 17.1. The van der Waals surface area contributed by atoms with Gasteiger partial charge in [0.1, 0.15) is 4.70 Å². The van der Waals surface area contributed by atoms with Crippen LogP contribution in [-0.2, 0) is 4.74 Å². The summed E-state index contributed by atoms with van der Waals surface area (Å²) in [6.07, 6.45) is 4.63. The zero-order chi connectivity index (χ0) is 23.7. The van der Waals surface area contributed by atoms with Gasteiger partial charge in [-0.15, -0.1) is 11.3 Å². The van der Waals surface area contributed by atoms with Crippen LogP contribution in [0.25, 0.3) is 37.1 Å². The van der Waals surface area contributed by atoms with Crippen LogP contribution in [0.4, 0.5) is 5.69 Å². The molecule has 0 amide bonds. The Hall–Kier alpha value is -3.46. The van der Waals surface area contributed by atoms with Gasteiger partial charge in [0.2, 0.25) is 0 Å². The van der Waals surface area contributed by atoms with E-state index in [0.29, 0.717) is 27.0 Å². The molecule has 0 unspecified atom stereocenters. The van der Waals surface area contributed by atoms with Crippen LogP contribution in [0.3, 0.4) is 0 Å². The molecule has 2 aliphatic rings. The van der Waals surface area contributed by atoms with Crippen molar-refractivity contribution >= 4 is 49.6 Å². The van der Waals surface area contributed by atoms with Gasteiger partial charge in [-0.3, -0.25) is 9.78 Å². The summed E-state index contributed by atoms with van der Waals surface area (Å²) in [5, 5.41) is 2.26. The van der Waals surface area contributed by atoms with E-state index in [1.165, 1.54) is 15.9 Å². The minimum absolute atomic E-state index is 0.270. The fourth-order valence-corrected chi connectivity index (χ4v) is 6.61. The average molecular weight is 503 g/mol. The van der Waals surface area contributed by atoms with E-state index < -0.39 is 5.69 Å². The van der Waals surface area contributed by atoms with E-state index in [1.807, 2.05) is 30.3 Å². The fourth-order valence-electron chi connectivity index (χ4n) is 5.23. The number of benzene rings is 2. The highest BCUT2D eigenvalue weighted by atomic mass is 35.5. The summed E-state index contributed by atoms with van der Waals surface area (Å²) < 4.78 is 7.40. The predicted octanol–water partition coefficient (Wildman–Crippen LogP) is 4.59. The molecule has 5 heterocycles. The third-order valence-electron chi connectivity index (χ3n) is 6.91. The number of morpholine rings is 1. The first-order valence-corrected chi connectivity index (χ1v) is 12.6. The molecule has 174 valence electrons. The van der Waals surface area contributed by atoms with Crippen molar-refractivity contribution in [2.75, 3.05) is 18.1 Å². The van der Waals surface area contributed by atoms with Gasteiger partial charge in [-0.05, 0) is 30.7 Å². The predicted molar refractivity (Wildman–Crippen MR) is 139 cm³/mol. The molecule has 0 aliphatic carbocycles. The lowest BCUT2D eigenvalue weighted by atomic mass is 10.1. The average Bonchev–Trinajstić information content (AvgIpc) is 3.60. The molecule has 2 aliphatic heterocycles. The molecule has 0 saturated carbocycles. The van der Waals surface area contributed by atoms with Crippen molar-refractivity contribution in [2.24, 2.45) is 0 Å². The van der Waals surface area contributed by atoms with Crippen LogP contribution in [0.1, 0.15) is 6.42 Å². The van der Waals surface area contributed by atoms with Crippen LogP contribution in [0.2, 0.25) is 5.02 Å². The lowest BCUT2D eigenvalue weighted by molar-refractivity contribution is 0.0991. The summed E-state index contributed by atoms with van der Waals surface area (Å²) in [6.45, 7) is 1.58. The quantitative estimate of drug-likeness (QED) is 0.390. The molecule has 1 N–H and O–H groups in total. The minimum atomic E-state index is -0.501. The van der Waals surface area contributed by atoms with E-state index in [2.05, 4.69) is 20.9 Å². The Balaban J connectivity index is 1.41. The number of pyridine rings is 1. The number of hydrogen-bond acceptors (Lipinski definition) is 6. The molecule has 0 spiro atoms. The Kier molecular flexibility index (Phi) is 4.64. The van der Waals surface area contributed by atoms with Crippen LogP contribution >= 0.6 is 22.9 Å². The smallest absolute Gasteiger partial charge is 0.333 e. The number of nitrogens with one attached hydrogen (secondary N) is 1. The largest absolute Gasteiger partial charge is 0.374 e. The third kappa shape index (κ3) is 3.25. The molecule has 3 aromatic heterocycles. The van der Waals surface area contributed by atoms with Crippen molar-refractivity contribution in [3.05, 3.63) is 86.8 Å². The Morgan fingerprint density at radius 3 is 2.80 bits per heavy atom. The van der Waals surface area contributed by atoms with E-state index in [9.17, 15) is 9.59 Å². The standard InChI is InChI=1S/C26H19ClN4O3S/c27-20-4-2-1-3-18(20)23-9-21-24(35-23)25(32)31(26(33)29-21)22-11-28-10-14-5-6-15(8-19(14)22)30-12-17-7-16(30)13-34-17/h1-6,8-11,16-17H,7,12-13H2,(H,29,33)/t16-,17-/m1/s1. The van der Waals surface area contributed by atoms with E-state index in [0.717, 1.165) is 46.5 Å². The molecule has 0 radical (unpaired) electrons. The van der Waals surface area contributed by atoms with Gasteiger partial charge >= 0.3 is 5.69 Å². The normalized spacial score (nSPS) is 19.3. The SMILES string of the molecule is O=c1[nH]c2cc(-c3ccccc3Cl)sc2c(=O)n1-c1cncc2ccc(N3C[C@H]4C[C@@H]3CO4)cc12. The van der Waals surface area contributed by atoms with Crippen LogP contribution in [0.15, 0.2) is 70.5 Å². The fraction of sp³-hybridized carbons (Fsp3) is 0.192. The molecule has 7 rings (SSSR count). The van der Waals surface area contributed by atoms with Gasteiger partial charge in [0.05, 0.1) is 36.2 Å². The summed E-state index contributed by atoms with van der Waals surface area (Å²) in [4.78, 5) is 37.2. The second-order valence-corrected chi connectivity index (χ2v) is 10.4. The monoisotopic (exact) mass is 502 g/mol. The van der Waals surface area contributed by atoms with Gasteiger partial charge in [0.15, 0.2) is 0 Å². The van der Waals surface area contributed by atoms with Gasteiger partial charge in [-0.25, -0.2) is 9.36 Å². The molecule has 35 heavy (non-hydrogen) atoms. The van der Waals surface area contributed by atoms with E-state index in [-0.39, 0.29) is 11.7 Å². The summed E-state index contributed by atoms with van der Waals surface area (Å²) in [5.74, 6) is 0. The number of fused-ring (bicyclic) bond motifs is 4. The minimum Gasteiger partial charge on any atom is -0.374 e. The number of aromatic nitrogens is 3. The first-order valence-electron chi connectivity index (χ1n) is 11.4. The zero-order valence-corrected chi connectivity index (χ0v) is 20.0. The number of ether oxygens (including phenoxy) is 1. The van der Waals surface area contributed by atoms with Crippen molar-refractivity contribution in [1.82, 2.24) is 14.5 Å². The second-order valence-electron chi connectivity index (χ2n) is 8.97. The highest BCUT2D eigenvalue weighted by molar-refractivity contribution is 7.22. The van der Waals surface area contributed by atoms with E-state index in [1.54, 1.807) is 24.5 Å². The molecule has 2 aromatic carbocycles. The van der Waals surface area contributed by atoms with Gasteiger partial charge in [0.25, 0.3) is 5.56 Å². The molecule has 2 fully saturated rings. The van der Waals surface area contributed by atoms with Crippen molar-refractivity contribution in [3.8, 4) is 16.1 Å². The highest BCUT2D eigenvalue weighted by Gasteiger charge is 2.39. The lowest BCUT2D eigenvalue weighted by Crippen LogP contribution is -2.37. The summed E-state index contributed by atoms with van der Waals surface area (Å²) in [5.41, 5.74) is 1.97. The molecule has 9 heteroatoms. The lowest BCUT2D eigenvalue weighted by Gasteiger charge is -2.29. The Bertz CT molecular complexity index is 1760. The van der Waals surface area contributed by atoms with E-state index in [4.69, 9.17) is 16.3 Å². The molecule has 5 aromatic rings. The Morgan fingerprint density at radius 1 is 1.11 bits per heavy atom. The van der Waals surface area contributed by atoms with E-state index >= 15 is 0 Å². The van der Waals surface area contributed by atoms with Gasteiger partial charge in [0, 0.05) is 44.7 Å². The van der Waals surface area contributed by atoms with Crippen molar-refractivity contribution in [1.29, 1.82) is 0 Å². The van der Waals surface area contributed by atoms with Crippen molar-refractivity contribution < 1.29 is 4.74 Å². The maximum absolute atomic E-state index is 13.6. The maximum Gasteiger partial charge on any atom is 0.333 e. The Morgan fingerprint density at radius 2 is 2.00 bits per heavy atom. The third-order valence-corrected chi connectivity index (χ3v) is 8.40. The van der Waals surface area contributed by atoms with Crippen LogP contribution in [-0.4, -0.2) is 39.8 Å². The van der Waals surface area contributed by atoms with Crippen LogP contribution in [0, 0.1) is 0 Å². The van der Waals surface area contributed by atoms with Gasteiger partial charge in [-0.1, -0.05) is 35.9 Å². The molecular weight excluding hydrogens is 484 g/mol. The number of aromatic amines is 1. The molecule has 2 bridgehead atoms. The van der Waals surface area contributed by atoms with Gasteiger partial charge < -0.3 is 14.6 Å². The number of anilines is 1. The molecule has 7 nitrogen and oxygen atoms in total. The molecule has 2 saturated heterocycles. The van der Waals surface area contributed by atoms with Crippen molar-refractivity contribution in [3.63, 3.8) is 0 Å². The summed E-state index contributed by atoms with van der Waals surface area (Å²) in [6, 6.07) is 15.7. The number of rotatable bonds is 3. The van der Waals surface area contributed by atoms with Crippen LogP contribution in [0.5, 0.6) is 0 Å². The van der Waals surface area contributed by atoms with Crippen LogP contribution < -0.4 is 16.1 Å². The first kappa shape index (κ1) is 20.9. The number of halogens is 1. The second kappa shape index (κ2) is 7.78. The number of H-pyrrole nitrogens is 1. The number of nitrogens with zero attached hydrogens (tertiary/aromatic N) is 3. The maximum atomic E-state index is 13.6. The zero-order valence-electron chi connectivity index (χ0n) is 18.4. The Labute approximate surface area is 208 Å².